The monoisotopic (exact) mass is 327 g/mol. The number of hydrogen-bond acceptors (Lipinski definition) is 5. The Bertz CT molecular complexity index is 556. The number of thiophene rings is 1. The first-order chi connectivity index (χ1) is 8.56. The number of hydrogen-bond donors (Lipinski definition) is 1. The van der Waals surface area contributed by atoms with Crippen molar-refractivity contribution in [1.29, 1.82) is 0 Å². The van der Waals surface area contributed by atoms with E-state index in [-0.39, 0.29) is 5.56 Å². The first kappa shape index (κ1) is 13.0. The first-order valence-electron chi connectivity index (χ1n) is 5.05. The van der Waals surface area contributed by atoms with Crippen LogP contribution in [0.15, 0.2) is 28.3 Å². The van der Waals surface area contributed by atoms with Crippen LogP contribution in [-0.4, -0.2) is 28.1 Å². The number of carboxylic acids is 1. The van der Waals surface area contributed by atoms with Crippen molar-refractivity contribution < 1.29 is 9.90 Å². The van der Waals surface area contributed by atoms with Gasteiger partial charge in [0.2, 0.25) is 5.95 Å². The smallest absolute Gasteiger partial charge is 0.338 e. The minimum Gasteiger partial charge on any atom is -0.478 e. The van der Waals surface area contributed by atoms with E-state index >= 15 is 0 Å². The molecule has 0 aromatic carbocycles. The Morgan fingerprint density at radius 1 is 1.50 bits per heavy atom. The normalized spacial score (nSPS) is 10.3. The Hall–Kier alpha value is -1.47. The van der Waals surface area contributed by atoms with Crippen molar-refractivity contribution >= 4 is 39.2 Å². The van der Waals surface area contributed by atoms with Crippen molar-refractivity contribution in [3.05, 3.63) is 38.8 Å². The predicted octanol–water partition coefficient (Wildman–Crippen LogP) is 2.64. The van der Waals surface area contributed by atoms with Crippen molar-refractivity contribution in [1.82, 2.24) is 9.97 Å². The Balaban J connectivity index is 2.09. The third-order valence-corrected chi connectivity index (χ3v) is 3.92. The van der Waals surface area contributed by atoms with Crippen LogP contribution in [0.4, 0.5) is 5.95 Å². The second-order valence-electron chi connectivity index (χ2n) is 3.66. The molecular weight excluding hydrogens is 318 g/mol. The molecule has 0 atom stereocenters. The van der Waals surface area contributed by atoms with Gasteiger partial charge in [-0.2, -0.15) is 0 Å². The number of nitrogens with zero attached hydrogens (tertiary/aromatic N) is 3. The molecule has 2 rings (SSSR count). The molecule has 2 aromatic rings. The summed E-state index contributed by atoms with van der Waals surface area (Å²) in [4.78, 5) is 21.8. The van der Waals surface area contributed by atoms with Gasteiger partial charge in [0.25, 0.3) is 0 Å². The minimum absolute atomic E-state index is 0.0889. The van der Waals surface area contributed by atoms with Crippen LogP contribution in [0.25, 0.3) is 0 Å². The number of rotatable bonds is 4. The summed E-state index contributed by atoms with van der Waals surface area (Å²) in [5.74, 6) is -0.518. The Labute approximate surface area is 116 Å². The van der Waals surface area contributed by atoms with E-state index in [9.17, 15) is 4.79 Å². The zero-order valence-electron chi connectivity index (χ0n) is 9.50. The highest BCUT2D eigenvalue weighted by Crippen LogP contribution is 2.21. The van der Waals surface area contributed by atoms with Gasteiger partial charge in [0.15, 0.2) is 0 Å². The maximum Gasteiger partial charge on any atom is 0.338 e. The summed E-state index contributed by atoms with van der Waals surface area (Å²) in [7, 11) is 1.86. The fourth-order valence-electron chi connectivity index (χ4n) is 1.37. The molecule has 2 heterocycles. The van der Waals surface area contributed by atoms with Gasteiger partial charge >= 0.3 is 5.97 Å². The molecule has 0 aliphatic heterocycles. The highest BCUT2D eigenvalue weighted by atomic mass is 79.9. The zero-order valence-corrected chi connectivity index (χ0v) is 11.9. The quantitative estimate of drug-likeness (QED) is 0.935. The second-order valence-corrected chi connectivity index (χ2v) is 5.58. The van der Waals surface area contributed by atoms with E-state index in [4.69, 9.17) is 5.11 Å². The second kappa shape index (κ2) is 5.45. The van der Waals surface area contributed by atoms with E-state index in [1.807, 2.05) is 23.4 Å². The molecule has 1 N–H and O–H groups in total. The summed E-state index contributed by atoms with van der Waals surface area (Å²) in [6, 6.07) is 2.03. The molecule has 0 radical (unpaired) electrons. The van der Waals surface area contributed by atoms with E-state index in [0.717, 1.165) is 4.47 Å². The van der Waals surface area contributed by atoms with Crippen LogP contribution in [0.1, 0.15) is 15.2 Å². The van der Waals surface area contributed by atoms with Crippen LogP contribution in [0.5, 0.6) is 0 Å². The van der Waals surface area contributed by atoms with E-state index in [1.165, 1.54) is 17.3 Å². The fourth-order valence-corrected chi connectivity index (χ4v) is 2.87. The molecule has 18 heavy (non-hydrogen) atoms. The SMILES string of the molecule is CN(Cc1cc(Br)cs1)c1ncc(C(=O)O)cn1. The Kier molecular flexibility index (Phi) is 3.93. The molecule has 0 aliphatic rings. The number of aromatic nitrogens is 2. The topological polar surface area (TPSA) is 66.3 Å². The van der Waals surface area contributed by atoms with Gasteiger partial charge in [0, 0.05) is 34.2 Å². The van der Waals surface area contributed by atoms with Crippen LogP contribution in [-0.2, 0) is 6.54 Å². The third-order valence-electron chi connectivity index (χ3n) is 2.24. The summed E-state index contributed by atoms with van der Waals surface area (Å²) in [5, 5.41) is 10.8. The highest BCUT2D eigenvalue weighted by Gasteiger charge is 2.09. The van der Waals surface area contributed by atoms with E-state index in [2.05, 4.69) is 25.9 Å². The van der Waals surface area contributed by atoms with Gasteiger partial charge in [-0.1, -0.05) is 0 Å². The molecule has 0 fully saturated rings. The average molecular weight is 328 g/mol. The molecule has 94 valence electrons. The lowest BCUT2D eigenvalue weighted by Gasteiger charge is -2.15. The van der Waals surface area contributed by atoms with Crippen molar-refractivity contribution in [2.45, 2.75) is 6.54 Å². The van der Waals surface area contributed by atoms with Gasteiger partial charge in [0.05, 0.1) is 12.1 Å². The predicted molar refractivity (Wildman–Crippen MR) is 73.1 cm³/mol. The lowest BCUT2D eigenvalue weighted by molar-refractivity contribution is 0.0696. The average Bonchev–Trinajstić information content (AvgIpc) is 2.75. The molecule has 5 nitrogen and oxygen atoms in total. The molecular formula is C11H10BrN3O2S. The van der Waals surface area contributed by atoms with Crippen LogP contribution in [0.2, 0.25) is 0 Å². The number of carboxylic acid groups (broad SMARTS) is 1. The Morgan fingerprint density at radius 3 is 2.67 bits per heavy atom. The van der Waals surface area contributed by atoms with Gasteiger partial charge in [-0.25, -0.2) is 14.8 Å². The van der Waals surface area contributed by atoms with Crippen molar-refractivity contribution in [3.63, 3.8) is 0 Å². The molecule has 0 unspecified atom stereocenters. The van der Waals surface area contributed by atoms with E-state index in [0.29, 0.717) is 12.5 Å². The standard InChI is InChI=1S/C11H10BrN3O2S/c1-15(5-9-2-8(12)6-18-9)11-13-3-7(4-14-11)10(16)17/h2-4,6H,5H2,1H3,(H,16,17). The van der Waals surface area contributed by atoms with E-state index < -0.39 is 5.97 Å². The molecule has 2 aromatic heterocycles. The molecule has 0 saturated carbocycles. The van der Waals surface area contributed by atoms with E-state index in [1.54, 1.807) is 11.3 Å². The van der Waals surface area contributed by atoms with Gasteiger partial charge in [-0.05, 0) is 22.0 Å². The van der Waals surface area contributed by atoms with Crippen molar-refractivity contribution in [2.24, 2.45) is 0 Å². The number of aromatic carboxylic acids is 1. The summed E-state index contributed by atoms with van der Waals surface area (Å²) in [6.45, 7) is 0.683. The number of halogens is 1. The first-order valence-corrected chi connectivity index (χ1v) is 6.73. The number of carbonyl (C=O) groups is 1. The minimum atomic E-state index is -1.02. The van der Waals surface area contributed by atoms with Crippen molar-refractivity contribution in [3.8, 4) is 0 Å². The molecule has 0 spiro atoms. The highest BCUT2D eigenvalue weighted by molar-refractivity contribution is 9.10. The largest absolute Gasteiger partial charge is 0.478 e. The van der Waals surface area contributed by atoms with Gasteiger partial charge in [0.1, 0.15) is 0 Å². The summed E-state index contributed by atoms with van der Waals surface area (Å²) in [6.07, 6.45) is 2.62. The zero-order chi connectivity index (χ0) is 13.1. The van der Waals surface area contributed by atoms with Gasteiger partial charge < -0.3 is 10.0 Å². The lowest BCUT2D eigenvalue weighted by Crippen LogP contribution is -2.18. The van der Waals surface area contributed by atoms with Crippen LogP contribution < -0.4 is 4.90 Å². The molecule has 0 aliphatic carbocycles. The number of anilines is 1. The van der Waals surface area contributed by atoms with Gasteiger partial charge in [-0.3, -0.25) is 0 Å². The summed E-state index contributed by atoms with van der Waals surface area (Å²) < 4.78 is 1.05. The van der Waals surface area contributed by atoms with Gasteiger partial charge in [-0.15, -0.1) is 11.3 Å². The molecule has 0 saturated heterocycles. The summed E-state index contributed by atoms with van der Waals surface area (Å²) >= 11 is 5.04. The van der Waals surface area contributed by atoms with Crippen LogP contribution >= 0.6 is 27.3 Å². The summed E-state index contributed by atoms with van der Waals surface area (Å²) in [5.41, 5.74) is 0.0889. The maximum atomic E-state index is 10.7. The molecule has 0 bridgehead atoms. The lowest BCUT2D eigenvalue weighted by atomic mass is 10.3. The fraction of sp³-hybridized carbons (Fsp3) is 0.182. The van der Waals surface area contributed by atoms with Crippen LogP contribution in [0, 0.1) is 0 Å². The third kappa shape index (κ3) is 3.05. The Morgan fingerprint density at radius 2 is 2.17 bits per heavy atom. The van der Waals surface area contributed by atoms with Crippen LogP contribution in [0.3, 0.4) is 0 Å². The molecule has 0 amide bonds. The maximum absolute atomic E-state index is 10.7. The molecule has 7 heteroatoms. The van der Waals surface area contributed by atoms with Crippen molar-refractivity contribution in [2.75, 3.05) is 11.9 Å².